The lowest BCUT2D eigenvalue weighted by Crippen LogP contribution is -2.36. The third kappa shape index (κ3) is 1.90. The highest BCUT2D eigenvalue weighted by molar-refractivity contribution is 5.80. The number of benzene rings is 1. The normalized spacial score (nSPS) is 30.3. The average molecular weight is 308 g/mol. The van der Waals surface area contributed by atoms with Gasteiger partial charge in [0.2, 0.25) is 5.91 Å². The Morgan fingerprint density at radius 3 is 2.65 bits per heavy atom. The Kier molecular flexibility index (Phi) is 2.98. The summed E-state index contributed by atoms with van der Waals surface area (Å²) in [5.74, 6) is 0.419. The molecule has 0 saturated heterocycles. The number of carbonyl (C=O) groups excluding carboxylic acids is 1. The molecule has 4 rings (SSSR count). The van der Waals surface area contributed by atoms with Crippen molar-refractivity contribution in [2.75, 3.05) is 0 Å². The van der Waals surface area contributed by atoms with Crippen molar-refractivity contribution in [3.05, 3.63) is 59.9 Å². The molecule has 1 aromatic carbocycles. The Labute approximate surface area is 135 Å². The average Bonchev–Trinajstić information content (AvgIpc) is 3.01. The van der Waals surface area contributed by atoms with Gasteiger partial charge in [0.15, 0.2) is 0 Å². The molecule has 4 nitrogen and oxygen atoms in total. The molecule has 4 unspecified atom stereocenters. The van der Waals surface area contributed by atoms with Crippen molar-refractivity contribution in [2.24, 2.45) is 17.1 Å². The van der Waals surface area contributed by atoms with Crippen molar-refractivity contribution in [3.8, 4) is 5.75 Å². The van der Waals surface area contributed by atoms with Gasteiger partial charge in [-0.1, -0.05) is 44.2 Å². The summed E-state index contributed by atoms with van der Waals surface area (Å²) in [7, 11) is 0. The Bertz CT molecular complexity index is 757. The van der Waals surface area contributed by atoms with Crippen LogP contribution in [0.4, 0.5) is 0 Å². The van der Waals surface area contributed by atoms with Gasteiger partial charge in [-0.2, -0.15) is 0 Å². The molecule has 1 fully saturated rings. The zero-order chi connectivity index (χ0) is 16.2. The van der Waals surface area contributed by atoms with E-state index in [1.165, 1.54) is 0 Å². The number of hydrogen-bond acceptors (Lipinski definition) is 3. The minimum absolute atomic E-state index is 0.0406. The van der Waals surface area contributed by atoms with Crippen molar-refractivity contribution in [1.82, 2.24) is 4.98 Å². The Morgan fingerprint density at radius 1 is 1.22 bits per heavy atom. The predicted octanol–water partition coefficient (Wildman–Crippen LogP) is 2.85. The number of ether oxygens (including phenoxy) is 1. The quantitative estimate of drug-likeness (QED) is 0.927. The Morgan fingerprint density at radius 2 is 1.96 bits per heavy atom. The van der Waals surface area contributed by atoms with Gasteiger partial charge in [-0.15, -0.1) is 0 Å². The highest BCUT2D eigenvalue weighted by Gasteiger charge is 2.62. The lowest BCUT2D eigenvalue weighted by Gasteiger charge is -2.31. The van der Waals surface area contributed by atoms with E-state index in [-0.39, 0.29) is 35.2 Å². The van der Waals surface area contributed by atoms with E-state index >= 15 is 0 Å². The fourth-order valence-electron chi connectivity index (χ4n) is 4.69. The SMILES string of the molecule is CC1(C)C(C(N)=O)C(c2ccccc2)C2Oc3cnccc3C21. The fourth-order valence-corrected chi connectivity index (χ4v) is 4.69. The van der Waals surface area contributed by atoms with Crippen LogP contribution in [0, 0.1) is 11.3 Å². The summed E-state index contributed by atoms with van der Waals surface area (Å²) in [6, 6.07) is 12.1. The van der Waals surface area contributed by atoms with Gasteiger partial charge in [-0.25, -0.2) is 0 Å². The second kappa shape index (κ2) is 4.82. The van der Waals surface area contributed by atoms with E-state index in [1.807, 2.05) is 24.3 Å². The third-order valence-corrected chi connectivity index (χ3v) is 5.55. The van der Waals surface area contributed by atoms with Gasteiger partial charge in [-0.05, 0) is 17.0 Å². The second-order valence-corrected chi connectivity index (χ2v) is 7.11. The van der Waals surface area contributed by atoms with Crippen LogP contribution in [0.5, 0.6) is 5.75 Å². The number of hydrogen-bond donors (Lipinski definition) is 1. The molecule has 0 radical (unpaired) electrons. The van der Waals surface area contributed by atoms with Gasteiger partial charge < -0.3 is 10.5 Å². The van der Waals surface area contributed by atoms with Crippen molar-refractivity contribution in [2.45, 2.75) is 31.8 Å². The molecule has 2 aliphatic rings. The molecule has 23 heavy (non-hydrogen) atoms. The number of amides is 1. The van der Waals surface area contributed by atoms with Gasteiger partial charge in [-0.3, -0.25) is 9.78 Å². The molecule has 0 bridgehead atoms. The first-order valence-corrected chi connectivity index (χ1v) is 7.96. The molecular weight excluding hydrogens is 288 g/mol. The number of pyridine rings is 1. The molecule has 1 aliphatic heterocycles. The van der Waals surface area contributed by atoms with Crippen molar-refractivity contribution in [3.63, 3.8) is 0 Å². The maximum atomic E-state index is 12.3. The standard InChI is InChI=1S/C19H20N2O2/c1-19(2)15-12-8-9-21-10-13(12)23-17(15)14(16(19)18(20)22)11-6-4-3-5-7-11/h3-10,14-17H,1-2H3,(H2,20,22). The van der Waals surface area contributed by atoms with E-state index in [4.69, 9.17) is 10.5 Å². The summed E-state index contributed by atoms with van der Waals surface area (Å²) in [5.41, 5.74) is 7.79. The summed E-state index contributed by atoms with van der Waals surface area (Å²) >= 11 is 0. The number of carbonyl (C=O) groups is 1. The fraction of sp³-hybridized carbons (Fsp3) is 0.368. The van der Waals surface area contributed by atoms with Crippen LogP contribution >= 0.6 is 0 Å². The Balaban J connectivity index is 1.88. The van der Waals surface area contributed by atoms with Crippen molar-refractivity contribution < 1.29 is 9.53 Å². The van der Waals surface area contributed by atoms with E-state index in [2.05, 4.69) is 31.0 Å². The molecule has 1 aromatic heterocycles. The first-order chi connectivity index (χ1) is 11.0. The number of primary amides is 1. The van der Waals surface area contributed by atoms with Crippen LogP contribution < -0.4 is 10.5 Å². The maximum Gasteiger partial charge on any atom is 0.221 e. The molecule has 2 heterocycles. The molecule has 118 valence electrons. The highest BCUT2D eigenvalue weighted by atomic mass is 16.5. The summed E-state index contributed by atoms with van der Waals surface area (Å²) in [5, 5.41) is 0. The lowest BCUT2D eigenvalue weighted by molar-refractivity contribution is -0.125. The topological polar surface area (TPSA) is 65.2 Å². The van der Waals surface area contributed by atoms with Crippen molar-refractivity contribution in [1.29, 1.82) is 0 Å². The van der Waals surface area contributed by atoms with Crippen LogP contribution in [0.1, 0.15) is 36.8 Å². The zero-order valence-electron chi connectivity index (χ0n) is 13.3. The van der Waals surface area contributed by atoms with Gasteiger partial charge in [0.05, 0.1) is 12.1 Å². The maximum absolute atomic E-state index is 12.3. The van der Waals surface area contributed by atoms with E-state index in [9.17, 15) is 4.79 Å². The van der Waals surface area contributed by atoms with Gasteiger partial charge in [0.25, 0.3) is 0 Å². The van der Waals surface area contributed by atoms with Gasteiger partial charge >= 0.3 is 0 Å². The predicted molar refractivity (Wildman–Crippen MR) is 87.0 cm³/mol. The van der Waals surface area contributed by atoms with Crippen molar-refractivity contribution >= 4 is 5.91 Å². The van der Waals surface area contributed by atoms with Crippen LogP contribution in [-0.4, -0.2) is 17.0 Å². The largest absolute Gasteiger partial charge is 0.487 e. The second-order valence-electron chi connectivity index (χ2n) is 7.11. The molecule has 4 heteroatoms. The first-order valence-electron chi connectivity index (χ1n) is 7.96. The molecule has 0 spiro atoms. The van der Waals surface area contributed by atoms with E-state index in [1.54, 1.807) is 12.4 Å². The monoisotopic (exact) mass is 308 g/mol. The van der Waals surface area contributed by atoms with Gasteiger partial charge in [0, 0.05) is 23.6 Å². The molecule has 4 atom stereocenters. The number of aromatic nitrogens is 1. The number of nitrogens with zero attached hydrogens (tertiary/aromatic N) is 1. The summed E-state index contributed by atoms with van der Waals surface area (Å²) in [6.45, 7) is 4.25. The minimum Gasteiger partial charge on any atom is -0.487 e. The molecule has 2 aromatic rings. The molecule has 1 saturated carbocycles. The molecule has 2 N–H and O–H groups in total. The van der Waals surface area contributed by atoms with Crippen LogP contribution in [0.2, 0.25) is 0 Å². The van der Waals surface area contributed by atoms with E-state index < -0.39 is 0 Å². The Hall–Kier alpha value is -2.36. The first kappa shape index (κ1) is 14.2. The summed E-state index contributed by atoms with van der Waals surface area (Å²) < 4.78 is 6.24. The van der Waals surface area contributed by atoms with Crippen LogP contribution in [0.15, 0.2) is 48.8 Å². The van der Waals surface area contributed by atoms with E-state index in [0.29, 0.717) is 0 Å². The number of fused-ring (bicyclic) bond motifs is 3. The van der Waals surface area contributed by atoms with Gasteiger partial charge in [0.1, 0.15) is 11.9 Å². The minimum atomic E-state index is -0.274. The summed E-state index contributed by atoms with van der Waals surface area (Å²) in [6.07, 6.45) is 3.48. The highest BCUT2D eigenvalue weighted by Crippen LogP contribution is 2.63. The van der Waals surface area contributed by atoms with Crippen LogP contribution in [-0.2, 0) is 4.79 Å². The van der Waals surface area contributed by atoms with Crippen LogP contribution in [0.3, 0.4) is 0 Å². The molecular formula is C19H20N2O2. The number of rotatable bonds is 2. The number of nitrogens with two attached hydrogens (primary N) is 1. The third-order valence-electron chi connectivity index (χ3n) is 5.55. The lowest BCUT2D eigenvalue weighted by atomic mass is 9.71. The smallest absolute Gasteiger partial charge is 0.221 e. The summed E-state index contributed by atoms with van der Waals surface area (Å²) in [4.78, 5) is 16.5. The molecule has 1 amide bonds. The molecule has 1 aliphatic carbocycles. The van der Waals surface area contributed by atoms with E-state index in [0.717, 1.165) is 16.9 Å². The van der Waals surface area contributed by atoms with Crippen LogP contribution in [0.25, 0.3) is 0 Å². The zero-order valence-corrected chi connectivity index (χ0v) is 13.3.